The van der Waals surface area contributed by atoms with Crippen LogP contribution in [0.4, 0.5) is 0 Å². The Morgan fingerprint density at radius 2 is 2.45 bits per heavy atom. The van der Waals surface area contributed by atoms with Gasteiger partial charge in [-0.25, -0.2) is 0 Å². The lowest BCUT2D eigenvalue weighted by atomic mass is 10.1. The molecule has 0 bridgehead atoms. The highest BCUT2D eigenvalue weighted by Crippen LogP contribution is 2.18. The molecule has 60 valence electrons. The lowest BCUT2D eigenvalue weighted by Crippen LogP contribution is -2.25. The van der Waals surface area contributed by atoms with Crippen molar-refractivity contribution in [2.45, 2.75) is 12.5 Å². The van der Waals surface area contributed by atoms with Crippen LogP contribution < -0.4 is 0 Å². The van der Waals surface area contributed by atoms with E-state index in [-0.39, 0.29) is 5.92 Å². The smallest absolute Gasteiger partial charge is 0.0936 e. The van der Waals surface area contributed by atoms with Gasteiger partial charge in [-0.1, -0.05) is 0 Å². The van der Waals surface area contributed by atoms with Crippen LogP contribution >= 0.6 is 0 Å². The third-order valence-corrected chi connectivity index (χ3v) is 2.32. The summed E-state index contributed by atoms with van der Waals surface area (Å²) in [7, 11) is 0. The highest BCUT2D eigenvalue weighted by molar-refractivity contribution is 4.91. The zero-order chi connectivity index (χ0) is 7.68. The Morgan fingerprint density at radius 3 is 3.00 bits per heavy atom. The van der Waals surface area contributed by atoms with E-state index in [0.717, 1.165) is 32.7 Å². The van der Waals surface area contributed by atoms with Gasteiger partial charge in [0, 0.05) is 13.1 Å². The summed E-state index contributed by atoms with van der Waals surface area (Å²) in [5, 5.41) is 8.63. The van der Waals surface area contributed by atoms with E-state index in [0.29, 0.717) is 6.10 Å². The van der Waals surface area contributed by atoms with Crippen molar-refractivity contribution in [3.05, 3.63) is 0 Å². The van der Waals surface area contributed by atoms with Crippen LogP contribution in [0.3, 0.4) is 0 Å². The molecule has 0 aromatic carbocycles. The van der Waals surface area contributed by atoms with Gasteiger partial charge in [-0.05, 0) is 13.0 Å². The largest absolute Gasteiger partial charge is 0.372 e. The first-order valence-corrected chi connectivity index (χ1v) is 4.12. The van der Waals surface area contributed by atoms with E-state index in [2.05, 4.69) is 11.0 Å². The molecule has 2 unspecified atom stereocenters. The zero-order valence-corrected chi connectivity index (χ0v) is 6.49. The number of hydrogen-bond acceptors (Lipinski definition) is 3. The molecule has 0 spiro atoms. The van der Waals surface area contributed by atoms with Crippen molar-refractivity contribution in [2.75, 3.05) is 26.2 Å². The third kappa shape index (κ3) is 1.70. The second-order valence-electron chi connectivity index (χ2n) is 3.33. The van der Waals surface area contributed by atoms with Crippen molar-refractivity contribution >= 4 is 0 Å². The second kappa shape index (κ2) is 2.80. The summed E-state index contributed by atoms with van der Waals surface area (Å²) in [5.74, 6) is 0.272. The van der Waals surface area contributed by atoms with E-state index in [1.54, 1.807) is 0 Å². The molecule has 0 radical (unpaired) electrons. The molecule has 2 saturated heterocycles. The van der Waals surface area contributed by atoms with Gasteiger partial charge in [-0.3, -0.25) is 4.90 Å². The van der Waals surface area contributed by atoms with Crippen molar-refractivity contribution in [3.8, 4) is 6.07 Å². The van der Waals surface area contributed by atoms with Gasteiger partial charge >= 0.3 is 0 Å². The SMILES string of the molecule is N#CC1CCN(CC2CO2)C1. The number of epoxide rings is 1. The highest BCUT2D eigenvalue weighted by Gasteiger charge is 2.29. The predicted molar refractivity (Wildman–Crippen MR) is 39.9 cm³/mol. The molecule has 3 heteroatoms. The molecule has 2 aliphatic heterocycles. The van der Waals surface area contributed by atoms with Gasteiger partial charge in [0.1, 0.15) is 0 Å². The Balaban J connectivity index is 1.75. The molecule has 2 fully saturated rings. The summed E-state index contributed by atoms with van der Waals surface area (Å²) in [4.78, 5) is 2.32. The molecule has 2 heterocycles. The molecular weight excluding hydrogens is 140 g/mol. The number of hydrogen-bond donors (Lipinski definition) is 0. The number of nitrogens with zero attached hydrogens (tertiary/aromatic N) is 2. The van der Waals surface area contributed by atoms with Gasteiger partial charge in [0.15, 0.2) is 0 Å². The minimum absolute atomic E-state index is 0.272. The fraction of sp³-hybridized carbons (Fsp3) is 0.875. The maximum atomic E-state index is 8.63. The van der Waals surface area contributed by atoms with E-state index < -0.39 is 0 Å². The van der Waals surface area contributed by atoms with Crippen LogP contribution in [0.2, 0.25) is 0 Å². The number of nitriles is 1. The van der Waals surface area contributed by atoms with Crippen LogP contribution in [0.25, 0.3) is 0 Å². The van der Waals surface area contributed by atoms with E-state index in [1.807, 2.05) is 0 Å². The van der Waals surface area contributed by atoms with Crippen molar-refractivity contribution < 1.29 is 4.74 Å². The lowest BCUT2D eigenvalue weighted by Gasteiger charge is -2.11. The van der Waals surface area contributed by atoms with Crippen LogP contribution in [0.5, 0.6) is 0 Å². The van der Waals surface area contributed by atoms with E-state index in [9.17, 15) is 0 Å². The van der Waals surface area contributed by atoms with Crippen LogP contribution in [-0.4, -0.2) is 37.2 Å². The average Bonchev–Trinajstić information content (AvgIpc) is 2.68. The molecule has 0 saturated carbocycles. The van der Waals surface area contributed by atoms with Crippen LogP contribution in [0.1, 0.15) is 6.42 Å². The van der Waals surface area contributed by atoms with Crippen molar-refractivity contribution in [1.82, 2.24) is 4.90 Å². The second-order valence-corrected chi connectivity index (χ2v) is 3.33. The molecule has 11 heavy (non-hydrogen) atoms. The Kier molecular flexibility index (Phi) is 1.80. The van der Waals surface area contributed by atoms with Crippen LogP contribution in [0, 0.1) is 17.2 Å². The lowest BCUT2D eigenvalue weighted by molar-refractivity contribution is 0.282. The first-order valence-electron chi connectivity index (χ1n) is 4.12. The topological polar surface area (TPSA) is 39.6 Å². The first kappa shape index (κ1) is 7.08. The first-order chi connectivity index (χ1) is 5.38. The quantitative estimate of drug-likeness (QED) is 0.532. The summed E-state index contributed by atoms with van der Waals surface area (Å²) in [6.07, 6.45) is 1.52. The average molecular weight is 152 g/mol. The molecule has 2 atom stereocenters. The Morgan fingerprint density at radius 1 is 1.64 bits per heavy atom. The van der Waals surface area contributed by atoms with E-state index >= 15 is 0 Å². The predicted octanol–water partition coefficient (Wildman–Crippen LogP) is 0.231. The minimum Gasteiger partial charge on any atom is -0.372 e. The number of rotatable bonds is 2. The highest BCUT2D eigenvalue weighted by atomic mass is 16.6. The van der Waals surface area contributed by atoms with Gasteiger partial charge in [-0.2, -0.15) is 5.26 Å². The number of ether oxygens (including phenoxy) is 1. The Labute approximate surface area is 66.5 Å². The standard InChI is InChI=1S/C8H12N2O/c9-3-7-1-2-10(4-7)5-8-6-11-8/h7-8H,1-2,4-6H2. The van der Waals surface area contributed by atoms with Crippen LogP contribution in [0.15, 0.2) is 0 Å². The molecule has 0 aliphatic carbocycles. The number of likely N-dealkylation sites (tertiary alicyclic amines) is 1. The van der Waals surface area contributed by atoms with Crippen molar-refractivity contribution in [3.63, 3.8) is 0 Å². The molecule has 3 nitrogen and oxygen atoms in total. The fourth-order valence-electron chi connectivity index (χ4n) is 1.57. The maximum Gasteiger partial charge on any atom is 0.0936 e. The molecule has 2 rings (SSSR count). The Hall–Kier alpha value is -0.590. The fourth-order valence-corrected chi connectivity index (χ4v) is 1.57. The van der Waals surface area contributed by atoms with Gasteiger partial charge < -0.3 is 4.74 Å². The Bertz CT molecular complexity index is 183. The third-order valence-electron chi connectivity index (χ3n) is 2.32. The summed E-state index contributed by atoms with van der Waals surface area (Å²) in [5.41, 5.74) is 0. The molecule has 0 aromatic rings. The molecule has 0 aromatic heterocycles. The normalized spacial score (nSPS) is 37.0. The van der Waals surface area contributed by atoms with E-state index in [4.69, 9.17) is 10.00 Å². The van der Waals surface area contributed by atoms with Gasteiger partial charge in [-0.15, -0.1) is 0 Å². The monoisotopic (exact) mass is 152 g/mol. The van der Waals surface area contributed by atoms with Gasteiger partial charge in [0.2, 0.25) is 0 Å². The van der Waals surface area contributed by atoms with Gasteiger partial charge in [0.25, 0.3) is 0 Å². The summed E-state index contributed by atoms with van der Waals surface area (Å²) in [6, 6.07) is 2.31. The molecule has 0 amide bonds. The zero-order valence-electron chi connectivity index (χ0n) is 6.49. The minimum atomic E-state index is 0.272. The van der Waals surface area contributed by atoms with E-state index in [1.165, 1.54) is 0 Å². The van der Waals surface area contributed by atoms with Crippen molar-refractivity contribution in [1.29, 1.82) is 5.26 Å². The molecule has 2 aliphatic rings. The maximum absolute atomic E-state index is 8.63. The van der Waals surface area contributed by atoms with Crippen LogP contribution in [-0.2, 0) is 4.74 Å². The summed E-state index contributed by atoms with van der Waals surface area (Å²) >= 11 is 0. The summed E-state index contributed by atoms with van der Waals surface area (Å²) < 4.78 is 5.11. The van der Waals surface area contributed by atoms with Crippen molar-refractivity contribution in [2.24, 2.45) is 5.92 Å². The molecule has 0 N–H and O–H groups in total. The van der Waals surface area contributed by atoms with Gasteiger partial charge in [0.05, 0.1) is 24.7 Å². The molecular formula is C8H12N2O. The summed E-state index contributed by atoms with van der Waals surface area (Å²) in [6.45, 7) is 4.00.